The highest BCUT2D eigenvalue weighted by molar-refractivity contribution is 5.49. The number of ether oxygens (including phenoxy) is 5. The smallest absolute Gasteiger partial charge is 0.143 e. The lowest BCUT2D eigenvalue weighted by Crippen LogP contribution is -2.37. The van der Waals surface area contributed by atoms with E-state index in [1.54, 1.807) is 21.3 Å². The molecule has 0 fully saturated rings. The standard InChI is InChI=1S/C27H32O6/c1-29-17-18-32-26(19-28)20-33-27(21-7-5-4-6-8-21,22-9-13-24(30-2)14-10-22)23-11-15-25(31-3)16-12-23/h4-16,26,28H,17-20H2,1-3H3/t26-/m1/s1. The van der Waals surface area contributed by atoms with Gasteiger partial charge < -0.3 is 28.8 Å². The SMILES string of the molecule is COCCO[C@H](CO)COC(c1ccccc1)(c1ccc(OC)cc1)c1ccc(OC)cc1. The van der Waals surface area contributed by atoms with Gasteiger partial charge in [-0.3, -0.25) is 0 Å². The summed E-state index contributed by atoms with van der Waals surface area (Å²) in [6.45, 7) is 0.818. The Morgan fingerprint density at radius 3 is 1.67 bits per heavy atom. The number of aliphatic hydroxyl groups is 1. The molecule has 0 heterocycles. The molecule has 3 aromatic carbocycles. The Balaban J connectivity index is 2.09. The Morgan fingerprint density at radius 1 is 0.697 bits per heavy atom. The molecule has 0 aliphatic carbocycles. The topological polar surface area (TPSA) is 66.4 Å². The van der Waals surface area contributed by atoms with Crippen molar-refractivity contribution in [3.8, 4) is 11.5 Å². The molecule has 0 radical (unpaired) electrons. The van der Waals surface area contributed by atoms with Gasteiger partial charge in [-0.2, -0.15) is 0 Å². The second kappa shape index (κ2) is 12.4. The summed E-state index contributed by atoms with van der Waals surface area (Å²) in [7, 11) is 4.90. The van der Waals surface area contributed by atoms with Crippen LogP contribution < -0.4 is 9.47 Å². The largest absolute Gasteiger partial charge is 0.497 e. The van der Waals surface area contributed by atoms with Crippen LogP contribution in [0.3, 0.4) is 0 Å². The first-order chi connectivity index (χ1) is 16.2. The van der Waals surface area contributed by atoms with Gasteiger partial charge in [-0.1, -0.05) is 54.6 Å². The lowest BCUT2D eigenvalue weighted by molar-refractivity contribution is -0.0876. The van der Waals surface area contributed by atoms with E-state index in [4.69, 9.17) is 23.7 Å². The molecule has 0 amide bonds. The average molecular weight is 453 g/mol. The second-order valence-electron chi connectivity index (χ2n) is 7.48. The maximum Gasteiger partial charge on any atom is 0.143 e. The first kappa shape index (κ1) is 24.7. The summed E-state index contributed by atoms with van der Waals surface area (Å²) in [5, 5.41) is 9.89. The molecule has 0 saturated carbocycles. The molecule has 0 saturated heterocycles. The third-order valence-corrected chi connectivity index (χ3v) is 5.50. The third kappa shape index (κ3) is 5.92. The Bertz CT molecular complexity index is 893. The van der Waals surface area contributed by atoms with E-state index in [9.17, 15) is 5.11 Å². The van der Waals surface area contributed by atoms with Crippen LogP contribution in [0.4, 0.5) is 0 Å². The Hall–Kier alpha value is -2.90. The molecule has 6 heteroatoms. The van der Waals surface area contributed by atoms with Crippen LogP contribution in [0.25, 0.3) is 0 Å². The first-order valence-electron chi connectivity index (χ1n) is 10.9. The van der Waals surface area contributed by atoms with Crippen LogP contribution in [-0.2, 0) is 19.8 Å². The van der Waals surface area contributed by atoms with Gasteiger partial charge in [-0.15, -0.1) is 0 Å². The van der Waals surface area contributed by atoms with E-state index < -0.39 is 11.7 Å². The predicted octanol–water partition coefficient (Wildman–Crippen LogP) is 4.04. The maximum atomic E-state index is 9.89. The quantitative estimate of drug-likeness (QED) is 0.312. The molecule has 33 heavy (non-hydrogen) atoms. The summed E-state index contributed by atoms with van der Waals surface area (Å²) >= 11 is 0. The predicted molar refractivity (Wildman–Crippen MR) is 127 cm³/mol. The minimum atomic E-state index is -0.947. The van der Waals surface area contributed by atoms with E-state index in [2.05, 4.69) is 0 Å². The fraction of sp³-hybridized carbons (Fsp3) is 0.333. The van der Waals surface area contributed by atoms with E-state index in [0.717, 1.165) is 28.2 Å². The summed E-state index contributed by atoms with van der Waals surface area (Å²) < 4.78 is 28.3. The molecule has 1 N–H and O–H groups in total. The number of rotatable bonds is 13. The van der Waals surface area contributed by atoms with E-state index >= 15 is 0 Å². The molecular weight excluding hydrogens is 420 g/mol. The van der Waals surface area contributed by atoms with Crippen molar-refractivity contribution in [1.82, 2.24) is 0 Å². The molecule has 0 spiro atoms. The minimum absolute atomic E-state index is 0.167. The molecule has 1 atom stereocenters. The molecule has 0 unspecified atom stereocenters. The molecule has 176 valence electrons. The highest BCUT2D eigenvalue weighted by Gasteiger charge is 2.38. The van der Waals surface area contributed by atoms with Crippen LogP contribution in [-0.4, -0.2) is 59.0 Å². The molecule has 3 rings (SSSR count). The molecular formula is C27H32O6. The van der Waals surface area contributed by atoms with Gasteiger partial charge in [0.25, 0.3) is 0 Å². The number of aliphatic hydroxyl groups excluding tert-OH is 1. The van der Waals surface area contributed by atoms with Crippen molar-refractivity contribution in [1.29, 1.82) is 0 Å². The highest BCUT2D eigenvalue weighted by Crippen LogP contribution is 2.41. The third-order valence-electron chi connectivity index (χ3n) is 5.50. The van der Waals surface area contributed by atoms with Crippen LogP contribution in [0, 0.1) is 0 Å². The second-order valence-corrected chi connectivity index (χ2v) is 7.48. The normalized spacial score (nSPS) is 12.4. The average Bonchev–Trinajstić information content (AvgIpc) is 2.89. The van der Waals surface area contributed by atoms with Gasteiger partial charge in [-0.25, -0.2) is 0 Å². The number of hydrogen-bond donors (Lipinski definition) is 1. The van der Waals surface area contributed by atoms with Crippen LogP contribution in [0.15, 0.2) is 78.9 Å². The van der Waals surface area contributed by atoms with Gasteiger partial charge in [0, 0.05) is 7.11 Å². The highest BCUT2D eigenvalue weighted by atomic mass is 16.6. The van der Waals surface area contributed by atoms with E-state index in [1.165, 1.54) is 0 Å². The van der Waals surface area contributed by atoms with E-state index in [0.29, 0.717) is 13.2 Å². The molecule has 3 aromatic rings. The molecule has 0 aliphatic heterocycles. The summed E-state index contributed by atoms with van der Waals surface area (Å²) in [6, 6.07) is 25.7. The number of benzene rings is 3. The van der Waals surface area contributed by atoms with Crippen LogP contribution in [0.5, 0.6) is 11.5 Å². The Labute approximate surface area is 195 Å². The van der Waals surface area contributed by atoms with Gasteiger partial charge in [0.05, 0.1) is 40.6 Å². The van der Waals surface area contributed by atoms with Gasteiger partial charge >= 0.3 is 0 Å². The van der Waals surface area contributed by atoms with Crippen LogP contribution >= 0.6 is 0 Å². The molecule has 0 aliphatic rings. The van der Waals surface area contributed by atoms with Crippen molar-refractivity contribution in [2.24, 2.45) is 0 Å². The van der Waals surface area contributed by atoms with E-state index in [-0.39, 0.29) is 13.2 Å². The van der Waals surface area contributed by atoms with Gasteiger partial charge in [0.2, 0.25) is 0 Å². The Morgan fingerprint density at radius 2 is 1.21 bits per heavy atom. The zero-order chi connectivity index (χ0) is 23.5. The van der Waals surface area contributed by atoms with Crippen molar-refractivity contribution in [2.45, 2.75) is 11.7 Å². The van der Waals surface area contributed by atoms with Crippen LogP contribution in [0.2, 0.25) is 0 Å². The van der Waals surface area contributed by atoms with Crippen molar-refractivity contribution in [3.63, 3.8) is 0 Å². The van der Waals surface area contributed by atoms with Gasteiger partial charge in [-0.05, 0) is 41.0 Å². The van der Waals surface area contributed by atoms with Crippen molar-refractivity contribution in [3.05, 3.63) is 95.6 Å². The molecule has 0 aromatic heterocycles. The number of methoxy groups -OCH3 is 3. The summed E-state index contributed by atoms with van der Waals surface area (Å²) in [5.41, 5.74) is 1.85. The Kier molecular flexibility index (Phi) is 9.27. The fourth-order valence-electron chi connectivity index (χ4n) is 3.74. The zero-order valence-electron chi connectivity index (χ0n) is 19.4. The molecule has 6 nitrogen and oxygen atoms in total. The zero-order valence-corrected chi connectivity index (χ0v) is 19.4. The van der Waals surface area contributed by atoms with Gasteiger partial charge in [0.15, 0.2) is 0 Å². The van der Waals surface area contributed by atoms with Crippen molar-refractivity contribution >= 4 is 0 Å². The summed E-state index contributed by atoms with van der Waals surface area (Å²) in [5.74, 6) is 1.51. The van der Waals surface area contributed by atoms with Crippen molar-refractivity contribution in [2.75, 3.05) is 47.8 Å². The number of hydrogen-bond acceptors (Lipinski definition) is 6. The maximum absolute atomic E-state index is 9.89. The van der Waals surface area contributed by atoms with E-state index in [1.807, 2.05) is 78.9 Å². The lowest BCUT2D eigenvalue weighted by atomic mass is 9.80. The molecule has 0 bridgehead atoms. The fourth-order valence-corrected chi connectivity index (χ4v) is 3.74. The first-order valence-corrected chi connectivity index (χ1v) is 10.9. The minimum Gasteiger partial charge on any atom is -0.497 e. The summed E-state index contributed by atoms with van der Waals surface area (Å²) in [4.78, 5) is 0. The lowest BCUT2D eigenvalue weighted by Gasteiger charge is -2.37. The van der Waals surface area contributed by atoms with Crippen molar-refractivity contribution < 1.29 is 28.8 Å². The van der Waals surface area contributed by atoms with Gasteiger partial charge in [0.1, 0.15) is 23.2 Å². The van der Waals surface area contributed by atoms with Crippen LogP contribution in [0.1, 0.15) is 16.7 Å². The summed E-state index contributed by atoms with van der Waals surface area (Å²) in [6.07, 6.45) is -0.500. The monoisotopic (exact) mass is 452 g/mol.